The van der Waals surface area contributed by atoms with Gasteiger partial charge in [-0.25, -0.2) is 0 Å². The molecule has 0 aliphatic carbocycles. The largest absolute Gasteiger partial charge is 0.481 e. The lowest BCUT2D eigenvalue weighted by Crippen LogP contribution is -1.99. The van der Waals surface area contributed by atoms with E-state index < -0.39 is 5.97 Å². The zero-order valence-corrected chi connectivity index (χ0v) is 12.5. The summed E-state index contributed by atoms with van der Waals surface area (Å²) in [5, 5.41) is 8.55. The number of hydrogen-bond acceptors (Lipinski definition) is 2. The van der Waals surface area contributed by atoms with Crippen LogP contribution in [0.15, 0.2) is 54.6 Å². The Morgan fingerprint density at radius 3 is 1.95 bits per heavy atom. The summed E-state index contributed by atoms with van der Waals surface area (Å²) in [7, 11) is 0. The molecule has 0 aromatic heterocycles. The molecule has 3 nitrogen and oxygen atoms in total. The summed E-state index contributed by atoms with van der Waals surface area (Å²) in [5.41, 5.74) is 2.95. The zero-order valence-electron chi connectivity index (χ0n) is 12.5. The van der Waals surface area contributed by atoms with Gasteiger partial charge in [0.05, 0.1) is 0 Å². The fourth-order valence-electron chi connectivity index (χ4n) is 2.36. The molecule has 0 aliphatic heterocycles. The first-order chi connectivity index (χ1) is 10.7. The van der Waals surface area contributed by atoms with Crippen molar-refractivity contribution < 1.29 is 14.7 Å². The number of carbonyl (C=O) groups is 2. The first-order valence-corrected chi connectivity index (χ1v) is 7.57. The van der Waals surface area contributed by atoms with Crippen molar-refractivity contribution in [3.8, 4) is 11.1 Å². The number of carboxylic acids is 1. The van der Waals surface area contributed by atoms with Crippen LogP contribution in [0.4, 0.5) is 0 Å². The molecule has 2 aromatic carbocycles. The number of aliphatic carboxylic acids is 1. The second-order valence-electron chi connectivity index (χ2n) is 5.32. The molecule has 2 aromatic rings. The average molecular weight is 296 g/mol. The van der Waals surface area contributed by atoms with Gasteiger partial charge in [-0.05, 0) is 24.0 Å². The van der Waals surface area contributed by atoms with E-state index in [9.17, 15) is 9.59 Å². The number of ketones is 1. The van der Waals surface area contributed by atoms with Gasteiger partial charge in [-0.3, -0.25) is 9.59 Å². The van der Waals surface area contributed by atoms with Crippen LogP contribution < -0.4 is 0 Å². The number of unbranched alkanes of at least 4 members (excludes halogenated alkanes) is 2. The van der Waals surface area contributed by atoms with Gasteiger partial charge in [0.2, 0.25) is 0 Å². The third-order valence-electron chi connectivity index (χ3n) is 3.61. The molecule has 1 N–H and O–H groups in total. The summed E-state index contributed by atoms with van der Waals surface area (Å²) >= 11 is 0. The van der Waals surface area contributed by atoms with E-state index in [2.05, 4.69) is 0 Å². The lowest BCUT2D eigenvalue weighted by atomic mass is 10.00. The molecule has 0 amide bonds. The lowest BCUT2D eigenvalue weighted by molar-refractivity contribution is -0.137. The molecule has 0 bridgehead atoms. The molecule has 22 heavy (non-hydrogen) atoms. The third kappa shape index (κ3) is 4.85. The SMILES string of the molecule is O=C(O)CCCCCC(=O)c1ccc(-c2ccccc2)cc1. The first-order valence-electron chi connectivity index (χ1n) is 7.57. The van der Waals surface area contributed by atoms with Gasteiger partial charge in [0.1, 0.15) is 0 Å². The molecule has 0 heterocycles. The number of rotatable bonds is 8. The van der Waals surface area contributed by atoms with E-state index in [0.29, 0.717) is 12.8 Å². The minimum Gasteiger partial charge on any atom is -0.481 e. The third-order valence-corrected chi connectivity index (χ3v) is 3.61. The number of benzene rings is 2. The maximum absolute atomic E-state index is 12.1. The van der Waals surface area contributed by atoms with E-state index in [1.54, 1.807) is 0 Å². The Kier molecular flexibility index (Phi) is 5.90. The second-order valence-corrected chi connectivity index (χ2v) is 5.32. The summed E-state index contributed by atoms with van der Waals surface area (Å²) in [6.07, 6.45) is 2.81. The number of carbonyl (C=O) groups excluding carboxylic acids is 1. The van der Waals surface area contributed by atoms with Crippen LogP contribution in [0.1, 0.15) is 42.5 Å². The number of hydrogen-bond donors (Lipinski definition) is 1. The summed E-state index contributed by atoms with van der Waals surface area (Å²) in [6, 6.07) is 17.7. The van der Waals surface area contributed by atoms with Gasteiger partial charge in [-0.1, -0.05) is 61.0 Å². The van der Waals surface area contributed by atoms with Crippen LogP contribution >= 0.6 is 0 Å². The highest BCUT2D eigenvalue weighted by Crippen LogP contribution is 2.20. The Labute approximate surface area is 130 Å². The van der Waals surface area contributed by atoms with Gasteiger partial charge in [0.15, 0.2) is 5.78 Å². The van der Waals surface area contributed by atoms with Gasteiger partial charge >= 0.3 is 5.97 Å². The quantitative estimate of drug-likeness (QED) is 0.573. The molecular formula is C19H20O3. The number of carboxylic acid groups (broad SMARTS) is 1. The van der Waals surface area contributed by atoms with E-state index >= 15 is 0 Å². The smallest absolute Gasteiger partial charge is 0.303 e. The van der Waals surface area contributed by atoms with Crippen molar-refractivity contribution in [1.82, 2.24) is 0 Å². The second kappa shape index (κ2) is 8.13. The van der Waals surface area contributed by atoms with E-state index in [1.807, 2.05) is 54.6 Å². The van der Waals surface area contributed by atoms with Gasteiger partial charge in [0.25, 0.3) is 0 Å². The minimum atomic E-state index is -0.775. The molecule has 2 rings (SSSR count). The van der Waals surface area contributed by atoms with Crippen molar-refractivity contribution in [2.45, 2.75) is 32.1 Å². The van der Waals surface area contributed by atoms with E-state index in [-0.39, 0.29) is 12.2 Å². The highest BCUT2D eigenvalue weighted by Gasteiger charge is 2.06. The highest BCUT2D eigenvalue weighted by atomic mass is 16.4. The van der Waals surface area contributed by atoms with E-state index in [4.69, 9.17) is 5.11 Å². The van der Waals surface area contributed by atoms with Crippen LogP contribution in [0.3, 0.4) is 0 Å². The Balaban J connectivity index is 1.85. The fraction of sp³-hybridized carbons (Fsp3) is 0.263. The van der Waals surface area contributed by atoms with Crippen LogP contribution in [0.5, 0.6) is 0 Å². The molecule has 0 fully saturated rings. The predicted octanol–water partition coefficient (Wildman–Crippen LogP) is 4.57. The van der Waals surface area contributed by atoms with Crippen LogP contribution in [0, 0.1) is 0 Å². The van der Waals surface area contributed by atoms with Gasteiger partial charge in [-0.15, -0.1) is 0 Å². The average Bonchev–Trinajstić information content (AvgIpc) is 2.55. The standard InChI is InChI=1S/C19H20O3/c20-18(9-5-2-6-10-19(21)22)17-13-11-16(12-14-17)15-7-3-1-4-8-15/h1,3-4,7-8,11-14H,2,5-6,9-10H2,(H,21,22). The van der Waals surface area contributed by atoms with Gasteiger partial charge < -0.3 is 5.11 Å². The maximum Gasteiger partial charge on any atom is 0.303 e. The maximum atomic E-state index is 12.1. The Hall–Kier alpha value is -2.42. The van der Waals surface area contributed by atoms with E-state index in [0.717, 1.165) is 29.5 Å². The normalized spacial score (nSPS) is 10.4. The summed E-state index contributed by atoms with van der Waals surface area (Å²) < 4.78 is 0. The Morgan fingerprint density at radius 2 is 1.32 bits per heavy atom. The minimum absolute atomic E-state index is 0.120. The van der Waals surface area contributed by atoms with Crippen molar-refractivity contribution in [2.75, 3.05) is 0 Å². The molecule has 0 radical (unpaired) electrons. The lowest BCUT2D eigenvalue weighted by Gasteiger charge is -2.04. The first kappa shape index (κ1) is 16.0. The highest BCUT2D eigenvalue weighted by molar-refractivity contribution is 5.96. The van der Waals surface area contributed by atoms with E-state index in [1.165, 1.54) is 0 Å². The molecule has 3 heteroatoms. The molecule has 0 unspecified atom stereocenters. The van der Waals surface area contributed by atoms with Crippen molar-refractivity contribution in [3.63, 3.8) is 0 Å². The molecular weight excluding hydrogens is 276 g/mol. The molecule has 0 saturated heterocycles. The Bertz CT molecular complexity index is 615. The van der Waals surface area contributed by atoms with Crippen molar-refractivity contribution in [3.05, 3.63) is 60.2 Å². The number of Topliss-reactive ketones (excluding diaryl/α,β-unsaturated/α-hetero) is 1. The summed E-state index contributed by atoms with van der Waals surface area (Å²) in [5.74, 6) is -0.655. The van der Waals surface area contributed by atoms with Crippen LogP contribution in [-0.4, -0.2) is 16.9 Å². The summed E-state index contributed by atoms with van der Waals surface area (Å²) in [4.78, 5) is 22.5. The predicted molar refractivity (Wildman–Crippen MR) is 86.9 cm³/mol. The zero-order chi connectivity index (χ0) is 15.8. The van der Waals surface area contributed by atoms with Gasteiger partial charge in [-0.2, -0.15) is 0 Å². The van der Waals surface area contributed by atoms with Crippen molar-refractivity contribution in [2.24, 2.45) is 0 Å². The van der Waals surface area contributed by atoms with Crippen molar-refractivity contribution in [1.29, 1.82) is 0 Å². The van der Waals surface area contributed by atoms with Crippen LogP contribution in [0.2, 0.25) is 0 Å². The van der Waals surface area contributed by atoms with Gasteiger partial charge in [0, 0.05) is 18.4 Å². The van der Waals surface area contributed by atoms with Crippen LogP contribution in [0.25, 0.3) is 11.1 Å². The summed E-state index contributed by atoms with van der Waals surface area (Å²) in [6.45, 7) is 0. The van der Waals surface area contributed by atoms with Crippen LogP contribution in [-0.2, 0) is 4.79 Å². The molecule has 0 atom stereocenters. The fourth-order valence-corrected chi connectivity index (χ4v) is 2.36. The molecule has 114 valence electrons. The molecule has 0 spiro atoms. The molecule has 0 saturated carbocycles. The topological polar surface area (TPSA) is 54.4 Å². The monoisotopic (exact) mass is 296 g/mol. The molecule has 0 aliphatic rings. The Morgan fingerprint density at radius 1 is 0.727 bits per heavy atom. The van der Waals surface area contributed by atoms with Crippen molar-refractivity contribution >= 4 is 11.8 Å².